The smallest absolute Gasteiger partial charge is 0.0927 e. The van der Waals surface area contributed by atoms with Gasteiger partial charge in [0.05, 0.1) is 5.84 Å². The van der Waals surface area contributed by atoms with Crippen molar-refractivity contribution in [3.8, 4) is 0 Å². The van der Waals surface area contributed by atoms with Crippen molar-refractivity contribution < 1.29 is 0 Å². The van der Waals surface area contributed by atoms with Gasteiger partial charge in [0.2, 0.25) is 0 Å². The molecule has 9 heavy (non-hydrogen) atoms. The second-order valence-electron chi connectivity index (χ2n) is 3.32. The summed E-state index contributed by atoms with van der Waals surface area (Å²) in [5, 5.41) is 7.28. The Morgan fingerprint density at radius 2 is 1.67 bits per heavy atom. The van der Waals surface area contributed by atoms with Gasteiger partial charge in [-0.05, 0) is 27.7 Å². The van der Waals surface area contributed by atoms with Crippen molar-refractivity contribution in [2.45, 2.75) is 33.2 Å². The van der Waals surface area contributed by atoms with Gasteiger partial charge in [0, 0.05) is 12.6 Å². The monoisotopic (exact) mass is 128 g/mol. The van der Waals surface area contributed by atoms with Gasteiger partial charge in [0.25, 0.3) is 0 Å². The van der Waals surface area contributed by atoms with Crippen LogP contribution in [0.2, 0.25) is 0 Å². The molecule has 0 aromatic heterocycles. The lowest BCUT2D eigenvalue weighted by atomic mass is 10.1. The van der Waals surface area contributed by atoms with Crippen molar-refractivity contribution in [3.63, 3.8) is 0 Å². The van der Waals surface area contributed by atoms with Gasteiger partial charge in [-0.2, -0.15) is 0 Å². The molecule has 2 nitrogen and oxygen atoms in total. The maximum Gasteiger partial charge on any atom is 0.0927 e. The van der Waals surface area contributed by atoms with E-state index in [1.807, 2.05) is 11.9 Å². The van der Waals surface area contributed by atoms with Crippen molar-refractivity contribution in [1.82, 2.24) is 4.90 Å². The van der Waals surface area contributed by atoms with Gasteiger partial charge in [-0.3, -0.25) is 5.41 Å². The van der Waals surface area contributed by atoms with Crippen LogP contribution in [-0.4, -0.2) is 23.3 Å². The SMILES string of the molecule is CC(=N)N(C)C(C)(C)C. The molecule has 0 aromatic carbocycles. The molecule has 0 saturated carbocycles. The van der Waals surface area contributed by atoms with Gasteiger partial charge in [-0.25, -0.2) is 0 Å². The van der Waals surface area contributed by atoms with Crippen LogP contribution in [0, 0.1) is 5.41 Å². The Hall–Kier alpha value is -0.530. The zero-order valence-corrected chi connectivity index (χ0v) is 6.95. The highest BCUT2D eigenvalue weighted by atomic mass is 15.2. The van der Waals surface area contributed by atoms with Crippen LogP contribution >= 0.6 is 0 Å². The number of rotatable bonds is 0. The van der Waals surface area contributed by atoms with Crippen LogP contribution in [0.25, 0.3) is 0 Å². The lowest BCUT2D eigenvalue weighted by Crippen LogP contribution is -2.40. The van der Waals surface area contributed by atoms with E-state index in [1.165, 1.54) is 0 Å². The molecule has 0 aromatic rings. The van der Waals surface area contributed by atoms with E-state index >= 15 is 0 Å². The fourth-order valence-corrected chi connectivity index (χ4v) is 0.503. The van der Waals surface area contributed by atoms with Gasteiger partial charge >= 0.3 is 0 Å². The summed E-state index contributed by atoms with van der Waals surface area (Å²) in [4.78, 5) is 1.94. The van der Waals surface area contributed by atoms with Crippen LogP contribution < -0.4 is 0 Å². The number of amidine groups is 1. The van der Waals surface area contributed by atoms with E-state index in [-0.39, 0.29) is 5.54 Å². The van der Waals surface area contributed by atoms with Gasteiger partial charge in [-0.1, -0.05) is 0 Å². The van der Waals surface area contributed by atoms with Crippen LogP contribution in [0.1, 0.15) is 27.7 Å². The molecule has 0 bridgehead atoms. The Morgan fingerprint density at radius 1 is 1.33 bits per heavy atom. The summed E-state index contributed by atoms with van der Waals surface area (Å²) in [7, 11) is 1.93. The highest BCUT2D eigenvalue weighted by Crippen LogP contribution is 2.09. The zero-order valence-electron chi connectivity index (χ0n) is 6.95. The molecule has 0 atom stereocenters. The van der Waals surface area contributed by atoms with Crippen molar-refractivity contribution >= 4 is 5.84 Å². The van der Waals surface area contributed by atoms with Crippen LogP contribution in [0.3, 0.4) is 0 Å². The van der Waals surface area contributed by atoms with Crippen LogP contribution in [0.4, 0.5) is 0 Å². The first-order chi connectivity index (χ1) is 3.85. The molecule has 0 fully saturated rings. The summed E-state index contributed by atoms with van der Waals surface area (Å²) in [6, 6.07) is 0. The molecule has 0 amide bonds. The predicted octanol–water partition coefficient (Wildman–Crippen LogP) is 1.71. The Balaban J connectivity index is 4.04. The van der Waals surface area contributed by atoms with Gasteiger partial charge in [0.15, 0.2) is 0 Å². The second-order valence-corrected chi connectivity index (χ2v) is 3.32. The van der Waals surface area contributed by atoms with E-state index in [0.717, 1.165) is 0 Å². The molecule has 0 aliphatic heterocycles. The average Bonchev–Trinajstić information content (AvgIpc) is 1.62. The molecule has 0 spiro atoms. The van der Waals surface area contributed by atoms with Crippen molar-refractivity contribution in [2.75, 3.05) is 7.05 Å². The maximum absolute atomic E-state index is 7.28. The second kappa shape index (κ2) is 2.38. The Labute approximate surface area is 57.4 Å². The number of nitrogens with zero attached hydrogens (tertiary/aromatic N) is 1. The van der Waals surface area contributed by atoms with Crippen molar-refractivity contribution in [3.05, 3.63) is 0 Å². The van der Waals surface area contributed by atoms with Crippen molar-refractivity contribution in [2.24, 2.45) is 0 Å². The molecule has 54 valence electrons. The molecular weight excluding hydrogens is 112 g/mol. The fraction of sp³-hybridized carbons (Fsp3) is 0.857. The van der Waals surface area contributed by atoms with E-state index in [1.54, 1.807) is 6.92 Å². The van der Waals surface area contributed by atoms with Gasteiger partial charge in [-0.15, -0.1) is 0 Å². The highest BCUT2D eigenvalue weighted by molar-refractivity contribution is 5.76. The van der Waals surface area contributed by atoms with Crippen LogP contribution in [-0.2, 0) is 0 Å². The predicted molar refractivity (Wildman–Crippen MR) is 40.9 cm³/mol. The van der Waals surface area contributed by atoms with E-state index in [9.17, 15) is 0 Å². The number of nitrogens with one attached hydrogen (secondary N) is 1. The topological polar surface area (TPSA) is 27.1 Å². The Kier molecular flexibility index (Phi) is 2.24. The molecule has 0 unspecified atom stereocenters. The lowest BCUT2D eigenvalue weighted by Gasteiger charge is -2.32. The molecule has 0 aliphatic carbocycles. The first kappa shape index (κ1) is 8.47. The molecule has 1 N–H and O–H groups in total. The lowest BCUT2D eigenvalue weighted by molar-refractivity contribution is 0.279. The summed E-state index contributed by atoms with van der Waals surface area (Å²) in [5.74, 6) is 0.613. The highest BCUT2D eigenvalue weighted by Gasteiger charge is 2.16. The quantitative estimate of drug-likeness (QED) is 0.390. The van der Waals surface area contributed by atoms with Crippen LogP contribution in [0.5, 0.6) is 0 Å². The third-order valence-electron chi connectivity index (χ3n) is 1.51. The molecule has 0 radical (unpaired) electrons. The molecule has 0 saturated heterocycles. The summed E-state index contributed by atoms with van der Waals surface area (Å²) < 4.78 is 0. The maximum atomic E-state index is 7.28. The van der Waals surface area contributed by atoms with E-state index in [0.29, 0.717) is 5.84 Å². The summed E-state index contributed by atoms with van der Waals surface area (Å²) >= 11 is 0. The zero-order chi connectivity index (χ0) is 7.65. The first-order valence-electron chi connectivity index (χ1n) is 3.14. The minimum absolute atomic E-state index is 0.0891. The van der Waals surface area contributed by atoms with Gasteiger partial charge < -0.3 is 4.90 Å². The molecular formula is C7H16N2. The van der Waals surface area contributed by atoms with E-state index in [4.69, 9.17) is 5.41 Å². The normalized spacial score (nSPS) is 11.2. The number of hydrogen-bond donors (Lipinski definition) is 1. The third-order valence-corrected chi connectivity index (χ3v) is 1.51. The third kappa shape index (κ3) is 2.49. The fourth-order valence-electron chi connectivity index (χ4n) is 0.503. The van der Waals surface area contributed by atoms with E-state index in [2.05, 4.69) is 20.8 Å². The van der Waals surface area contributed by atoms with Gasteiger partial charge in [0.1, 0.15) is 0 Å². The van der Waals surface area contributed by atoms with E-state index < -0.39 is 0 Å². The minimum atomic E-state index is 0.0891. The molecule has 2 heteroatoms. The van der Waals surface area contributed by atoms with Crippen molar-refractivity contribution in [1.29, 1.82) is 5.41 Å². The molecule has 0 heterocycles. The Bertz CT molecular complexity index is 111. The average molecular weight is 128 g/mol. The number of hydrogen-bond acceptors (Lipinski definition) is 1. The summed E-state index contributed by atoms with van der Waals surface area (Å²) in [6.07, 6.45) is 0. The molecule has 0 rings (SSSR count). The Morgan fingerprint density at radius 3 is 1.67 bits per heavy atom. The minimum Gasteiger partial charge on any atom is -0.359 e. The van der Waals surface area contributed by atoms with Crippen LogP contribution in [0.15, 0.2) is 0 Å². The summed E-state index contributed by atoms with van der Waals surface area (Å²) in [5.41, 5.74) is 0.0891. The first-order valence-corrected chi connectivity index (χ1v) is 3.14. The molecule has 0 aliphatic rings. The standard InChI is InChI=1S/C7H16N2/c1-6(8)9(5)7(2,3)4/h8H,1-5H3. The largest absolute Gasteiger partial charge is 0.359 e. The summed E-state index contributed by atoms with van der Waals surface area (Å²) in [6.45, 7) is 8.06.